The van der Waals surface area contributed by atoms with Crippen LogP contribution in [0.25, 0.3) is 5.69 Å². The van der Waals surface area contributed by atoms with E-state index in [1.54, 1.807) is 47.4 Å². The van der Waals surface area contributed by atoms with Crippen molar-refractivity contribution in [3.8, 4) is 17.2 Å². The summed E-state index contributed by atoms with van der Waals surface area (Å²) >= 11 is 6.11. The van der Waals surface area contributed by atoms with E-state index in [1.165, 1.54) is 6.33 Å². The maximum Gasteiger partial charge on any atom is 0.259 e. The minimum atomic E-state index is -0.344. The highest BCUT2D eigenvalue weighted by Gasteiger charge is 2.17. The quantitative estimate of drug-likeness (QED) is 0.664. The summed E-state index contributed by atoms with van der Waals surface area (Å²) in [5.74, 6) is 0.722. The summed E-state index contributed by atoms with van der Waals surface area (Å²) in [6.07, 6.45) is 2.96. The molecule has 1 amide bonds. The molecule has 140 valence electrons. The fraction of sp³-hybridized carbons (Fsp3) is 0.211. The normalized spacial score (nSPS) is 10.5. The summed E-state index contributed by atoms with van der Waals surface area (Å²) in [5, 5.41) is 7.47. The molecule has 0 atom stereocenters. The molecule has 0 aliphatic carbocycles. The average molecular weight is 387 g/mol. The predicted molar refractivity (Wildman–Crippen MR) is 103 cm³/mol. The van der Waals surface area contributed by atoms with E-state index in [1.807, 2.05) is 13.8 Å². The molecule has 0 aliphatic heterocycles. The molecule has 8 heteroatoms. The highest BCUT2D eigenvalue weighted by molar-refractivity contribution is 6.31. The molecule has 2 aromatic carbocycles. The molecule has 0 spiro atoms. The van der Waals surface area contributed by atoms with Gasteiger partial charge in [-0.25, -0.2) is 9.67 Å². The van der Waals surface area contributed by atoms with Gasteiger partial charge in [-0.1, -0.05) is 11.6 Å². The molecular formula is C19H19ClN4O3. The lowest BCUT2D eigenvalue weighted by Crippen LogP contribution is -2.16. The number of ether oxygens (including phenoxy) is 2. The first-order valence-corrected chi connectivity index (χ1v) is 8.85. The van der Waals surface area contributed by atoms with Crippen molar-refractivity contribution in [1.29, 1.82) is 0 Å². The molecule has 7 nitrogen and oxygen atoms in total. The lowest BCUT2D eigenvalue weighted by Gasteiger charge is -2.15. The number of anilines is 1. The van der Waals surface area contributed by atoms with Crippen LogP contribution >= 0.6 is 11.6 Å². The number of hydrogen-bond acceptors (Lipinski definition) is 5. The van der Waals surface area contributed by atoms with Crippen molar-refractivity contribution >= 4 is 23.2 Å². The molecule has 27 heavy (non-hydrogen) atoms. The highest BCUT2D eigenvalue weighted by atomic mass is 35.5. The number of amides is 1. The van der Waals surface area contributed by atoms with Crippen LogP contribution in [0.1, 0.15) is 24.2 Å². The van der Waals surface area contributed by atoms with E-state index in [0.29, 0.717) is 46.7 Å². The summed E-state index contributed by atoms with van der Waals surface area (Å²) < 4.78 is 12.6. The molecule has 1 N–H and O–H groups in total. The largest absolute Gasteiger partial charge is 0.494 e. The van der Waals surface area contributed by atoms with Crippen LogP contribution < -0.4 is 14.8 Å². The maximum atomic E-state index is 13.0. The standard InChI is InChI=1S/C19H19ClN4O3/c1-3-26-14-6-8-18(27-4-2)15(10-14)19(25)23-16-9-13(20)5-7-17(16)24-12-21-11-22-24/h5-12H,3-4H2,1-2H3,(H,23,25). The fourth-order valence-electron chi connectivity index (χ4n) is 2.55. The first kappa shape index (κ1) is 18.7. The number of hydrogen-bond donors (Lipinski definition) is 1. The lowest BCUT2D eigenvalue weighted by atomic mass is 10.1. The Bertz CT molecular complexity index is 929. The van der Waals surface area contributed by atoms with Crippen molar-refractivity contribution in [1.82, 2.24) is 14.8 Å². The van der Waals surface area contributed by atoms with Gasteiger partial charge < -0.3 is 14.8 Å². The smallest absolute Gasteiger partial charge is 0.259 e. The number of halogens is 1. The topological polar surface area (TPSA) is 78.3 Å². The first-order valence-electron chi connectivity index (χ1n) is 8.48. The van der Waals surface area contributed by atoms with E-state index < -0.39 is 0 Å². The van der Waals surface area contributed by atoms with Gasteiger partial charge in [0.25, 0.3) is 5.91 Å². The molecule has 0 bridgehead atoms. The van der Waals surface area contributed by atoms with Crippen molar-refractivity contribution in [2.45, 2.75) is 13.8 Å². The maximum absolute atomic E-state index is 13.0. The third-order valence-corrected chi connectivity index (χ3v) is 3.91. The van der Waals surface area contributed by atoms with Gasteiger partial charge in [-0.3, -0.25) is 4.79 Å². The predicted octanol–water partition coefficient (Wildman–Crippen LogP) is 3.97. The second-order valence-corrected chi connectivity index (χ2v) is 5.92. The molecule has 3 rings (SSSR count). The Morgan fingerprint density at radius 2 is 1.96 bits per heavy atom. The summed E-state index contributed by atoms with van der Waals surface area (Å²) in [6, 6.07) is 10.3. The van der Waals surface area contributed by atoms with E-state index in [9.17, 15) is 4.79 Å². The first-order chi connectivity index (χ1) is 13.1. The number of aromatic nitrogens is 3. The highest BCUT2D eigenvalue weighted by Crippen LogP contribution is 2.28. The molecule has 0 unspecified atom stereocenters. The zero-order valence-corrected chi connectivity index (χ0v) is 15.7. The third kappa shape index (κ3) is 4.38. The van der Waals surface area contributed by atoms with Gasteiger partial charge in [0.05, 0.1) is 30.2 Å². The van der Waals surface area contributed by atoms with Gasteiger partial charge in [-0.15, -0.1) is 0 Å². The molecule has 0 radical (unpaired) electrons. The molecule has 1 heterocycles. The van der Waals surface area contributed by atoms with Gasteiger partial charge in [-0.2, -0.15) is 5.10 Å². The molecule has 0 aliphatic rings. The summed E-state index contributed by atoms with van der Waals surface area (Å²) in [4.78, 5) is 16.9. The Balaban J connectivity index is 1.96. The van der Waals surface area contributed by atoms with Crippen LogP contribution in [0.2, 0.25) is 5.02 Å². The molecule has 0 fully saturated rings. The number of nitrogens with one attached hydrogen (secondary N) is 1. The Hall–Kier alpha value is -3.06. The third-order valence-electron chi connectivity index (χ3n) is 3.68. The van der Waals surface area contributed by atoms with Crippen LogP contribution in [0, 0.1) is 0 Å². The number of nitrogens with zero attached hydrogens (tertiary/aromatic N) is 3. The average Bonchev–Trinajstić information content (AvgIpc) is 3.18. The molecule has 0 saturated heterocycles. The van der Waals surface area contributed by atoms with Gasteiger partial charge in [-0.05, 0) is 50.2 Å². The van der Waals surface area contributed by atoms with Crippen molar-refractivity contribution in [2.24, 2.45) is 0 Å². The van der Waals surface area contributed by atoms with Gasteiger partial charge in [0.15, 0.2) is 0 Å². The van der Waals surface area contributed by atoms with Crippen molar-refractivity contribution in [3.63, 3.8) is 0 Å². The SMILES string of the molecule is CCOc1ccc(OCC)c(C(=O)Nc2cc(Cl)ccc2-n2cncn2)c1. The number of carbonyl (C=O) groups is 1. The Labute approximate surface area is 161 Å². The zero-order valence-electron chi connectivity index (χ0n) is 15.0. The van der Waals surface area contributed by atoms with Crippen LogP contribution in [0.4, 0.5) is 5.69 Å². The van der Waals surface area contributed by atoms with E-state index in [2.05, 4.69) is 15.4 Å². The zero-order chi connectivity index (χ0) is 19.2. The van der Waals surface area contributed by atoms with E-state index in [-0.39, 0.29) is 5.91 Å². The number of benzene rings is 2. The van der Waals surface area contributed by atoms with Gasteiger partial charge >= 0.3 is 0 Å². The van der Waals surface area contributed by atoms with Gasteiger partial charge in [0.1, 0.15) is 24.2 Å². The van der Waals surface area contributed by atoms with Crippen LogP contribution in [0.5, 0.6) is 11.5 Å². The van der Waals surface area contributed by atoms with E-state index in [4.69, 9.17) is 21.1 Å². The van der Waals surface area contributed by atoms with Crippen molar-refractivity contribution in [2.75, 3.05) is 18.5 Å². The van der Waals surface area contributed by atoms with Crippen LogP contribution in [0.3, 0.4) is 0 Å². The second-order valence-electron chi connectivity index (χ2n) is 5.48. The monoisotopic (exact) mass is 386 g/mol. The van der Waals surface area contributed by atoms with Gasteiger partial charge in [0, 0.05) is 5.02 Å². The lowest BCUT2D eigenvalue weighted by molar-refractivity contribution is 0.102. The molecule has 3 aromatic rings. The minimum absolute atomic E-state index is 0.344. The second kappa shape index (κ2) is 8.55. The van der Waals surface area contributed by atoms with Crippen LogP contribution in [0.15, 0.2) is 49.1 Å². The van der Waals surface area contributed by atoms with Crippen LogP contribution in [-0.4, -0.2) is 33.9 Å². The summed E-state index contributed by atoms with van der Waals surface area (Å²) in [5.41, 5.74) is 1.51. The Kier molecular flexibility index (Phi) is 5.93. The molecule has 1 aromatic heterocycles. The Morgan fingerprint density at radius 3 is 2.67 bits per heavy atom. The van der Waals surface area contributed by atoms with E-state index in [0.717, 1.165) is 0 Å². The number of carbonyl (C=O) groups excluding carboxylic acids is 1. The molecular weight excluding hydrogens is 368 g/mol. The molecule has 0 saturated carbocycles. The number of rotatable bonds is 7. The summed E-state index contributed by atoms with van der Waals surface area (Å²) in [6.45, 7) is 4.68. The van der Waals surface area contributed by atoms with E-state index >= 15 is 0 Å². The minimum Gasteiger partial charge on any atom is -0.494 e. The Morgan fingerprint density at radius 1 is 1.15 bits per heavy atom. The van der Waals surface area contributed by atoms with Crippen molar-refractivity contribution < 1.29 is 14.3 Å². The van der Waals surface area contributed by atoms with Crippen LogP contribution in [-0.2, 0) is 0 Å². The van der Waals surface area contributed by atoms with Gasteiger partial charge in [0.2, 0.25) is 0 Å². The van der Waals surface area contributed by atoms with Crippen molar-refractivity contribution in [3.05, 3.63) is 59.6 Å². The summed E-state index contributed by atoms with van der Waals surface area (Å²) in [7, 11) is 0. The fourth-order valence-corrected chi connectivity index (χ4v) is 2.73.